The number of hydrogen-bond donors (Lipinski definition) is 9. The molecule has 0 saturated heterocycles. The topological polar surface area (TPSA) is 273 Å². The standard InChI is InChI=1S/C37H57N9O7/c1-20(2)16-28(44-32(48)23(6)42-31(47)22(5)38)33(49)45-29(17-21(3)4)34(50)46-30(19-24-13-14-25-10-7-8-11-26(25)18-24)35(51)43-27(36(52)53)12-9-15-41-37(39)40/h7-8,10-11,13-14,18,20-23,27-30H,9,12,15-17,19,38H2,1-6H3,(H,42,47)(H,43,51)(H,44,48)(H,45,49)(H,46,50)(H,52,53)(H4,39,40,41)/t22-,23-,27-,28-,29-,30-/m0/s1. The monoisotopic (exact) mass is 739 g/mol. The molecule has 12 N–H and O–H groups in total. The summed E-state index contributed by atoms with van der Waals surface area (Å²) in [5, 5.41) is 25.0. The van der Waals surface area contributed by atoms with Gasteiger partial charge in [0.15, 0.2) is 5.96 Å². The van der Waals surface area contributed by atoms with Crippen LogP contribution in [-0.2, 0) is 35.2 Å². The fraction of sp³-hybridized carbons (Fsp3) is 0.541. The lowest BCUT2D eigenvalue weighted by Gasteiger charge is -2.28. The summed E-state index contributed by atoms with van der Waals surface area (Å²) < 4.78 is 0. The van der Waals surface area contributed by atoms with Crippen molar-refractivity contribution in [1.82, 2.24) is 26.6 Å². The summed E-state index contributed by atoms with van der Waals surface area (Å²) in [6, 6.07) is 6.72. The van der Waals surface area contributed by atoms with E-state index in [9.17, 15) is 33.9 Å². The SMILES string of the molecule is CC(C)C[C@H](NC(=O)[C@H](C)NC(=O)[C@H](C)N)C(=O)N[C@@H](CC(C)C)C(=O)N[C@@H](Cc1ccc2ccccc2c1)C(=O)N[C@@H](CCCN=C(N)N)C(=O)O. The summed E-state index contributed by atoms with van der Waals surface area (Å²) in [4.78, 5) is 82.5. The molecule has 0 aromatic heterocycles. The molecule has 5 amide bonds. The predicted molar refractivity (Wildman–Crippen MR) is 203 cm³/mol. The lowest BCUT2D eigenvalue weighted by atomic mass is 9.98. The third-order valence-corrected chi connectivity index (χ3v) is 8.29. The van der Waals surface area contributed by atoms with Crippen molar-refractivity contribution in [2.75, 3.05) is 6.54 Å². The Kier molecular flexibility index (Phi) is 17.7. The summed E-state index contributed by atoms with van der Waals surface area (Å²) >= 11 is 0. The van der Waals surface area contributed by atoms with E-state index in [1.54, 1.807) is 0 Å². The Labute approximate surface area is 310 Å². The van der Waals surface area contributed by atoms with E-state index >= 15 is 0 Å². The Hall–Kier alpha value is -5.25. The van der Waals surface area contributed by atoms with Crippen LogP contribution in [0, 0.1) is 11.8 Å². The number of carboxylic acid groups (broad SMARTS) is 1. The quantitative estimate of drug-likeness (QED) is 0.0483. The zero-order valence-corrected chi connectivity index (χ0v) is 31.5. The van der Waals surface area contributed by atoms with Gasteiger partial charge in [-0.05, 0) is 67.7 Å². The van der Waals surface area contributed by atoms with Crippen molar-refractivity contribution in [3.63, 3.8) is 0 Å². The molecule has 2 aromatic rings. The number of guanidine groups is 1. The van der Waals surface area contributed by atoms with E-state index in [0.29, 0.717) is 5.56 Å². The highest BCUT2D eigenvalue weighted by Crippen LogP contribution is 2.18. The number of carbonyl (C=O) groups excluding carboxylic acids is 5. The van der Waals surface area contributed by atoms with E-state index in [2.05, 4.69) is 31.6 Å². The highest BCUT2D eigenvalue weighted by molar-refractivity contribution is 5.96. The molecule has 0 aliphatic carbocycles. The smallest absolute Gasteiger partial charge is 0.326 e. The highest BCUT2D eigenvalue weighted by atomic mass is 16.4. The number of fused-ring (bicyclic) bond motifs is 1. The molecule has 6 atom stereocenters. The van der Waals surface area contributed by atoms with Crippen molar-refractivity contribution < 1.29 is 33.9 Å². The zero-order valence-electron chi connectivity index (χ0n) is 31.5. The van der Waals surface area contributed by atoms with Gasteiger partial charge in [-0.25, -0.2) is 4.79 Å². The first-order chi connectivity index (χ1) is 24.9. The Morgan fingerprint density at radius 2 is 1.17 bits per heavy atom. The maximum Gasteiger partial charge on any atom is 0.326 e. The van der Waals surface area contributed by atoms with E-state index in [1.807, 2.05) is 70.2 Å². The number of rotatable bonds is 21. The first kappa shape index (κ1) is 43.9. The first-order valence-corrected chi connectivity index (χ1v) is 17.9. The van der Waals surface area contributed by atoms with Crippen molar-refractivity contribution in [2.45, 2.75) is 110 Å². The summed E-state index contributed by atoms with van der Waals surface area (Å²) in [7, 11) is 0. The number of aliphatic imine (C=N–C) groups is 1. The average Bonchev–Trinajstić information content (AvgIpc) is 3.07. The minimum absolute atomic E-state index is 0.0160. The van der Waals surface area contributed by atoms with Crippen LogP contribution in [-0.4, -0.2) is 89.4 Å². The number of aliphatic carboxylic acids is 1. The van der Waals surface area contributed by atoms with Crippen molar-refractivity contribution in [1.29, 1.82) is 0 Å². The van der Waals surface area contributed by atoms with Crippen molar-refractivity contribution >= 4 is 52.2 Å². The number of carbonyl (C=O) groups is 6. The van der Waals surface area contributed by atoms with Gasteiger partial charge in [0.25, 0.3) is 0 Å². The second-order valence-corrected chi connectivity index (χ2v) is 14.2. The molecule has 0 radical (unpaired) electrons. The van der Waals surface area contributed by atoms with Gasteiger partial charge in [-0.1, -0.05) is 70.2 Å². The van der Waals surface area contributed by atoms with Gasteiger partial charge in [0.2, 0.25) is 29.5 Å². The molecule has 16 heteroatoms. The second-order valence-electron chi connectivity index (χ2n) is 14.2. The van der Waals surface area contributed by atoms with Crippen LogP contribution in [0.1, 0.15) is 72.8 Å². The van der Waals surface area contributed by atoms with Crippen LogP contribution in [0.2, 0.25) is 0 Å². The van der Waals surface area contributed by atoms with E-state index in [1.165, 1.54) is 13.8 Å². The predicted octanol–water partition coefficient (Wildman–Crippen LogP) is 0.404. The van der Waals surface area contributed by atoms with E-state index in [-0.39, 0.29) is 56.4 Å². The Balaban J connectivity index is 2.36. The number of nitrogens with zero attached hydrogens (tertiary/aromatic N) is 1. The number of nitrogens with one attached hydrogen (secondary N) is 5. The van der Waals surface area contributed by atoms with Crippen LogP contribution >= 0.6 is 0 Å². The van der Waals surface area contributed by atoms with Gasteiger partial charge in [-0.3, -0.25) is 29.0 Å². The molecule has 292 valence electrons. The Morgan fingerprint density at radius 1 is 0.660 bits per heavy atom. The molecule has 2 rings (SSSR count). The molecule has 53 heavy (non-hydrogen) atoms. The number of carboxylic acids is 1. The molecule has 16 nitrogen and oxygen atoms in total. The fourth-order valence-electron chi connectivity index (χ4n) is 5.50. The summed E-state index contributed by atoms with van der Waals surface area (Å²) in [5.74, 6) is -4.68. The van der Waals surface area contributed by atoms with E-state index < -0.39 is 71.8 Å². The van der Waals surface area contributed by atoms with Crippen molar-refractivity contribution in [3.05, 3.63) is 48.0 Å². The maximum absolute atomic E-state index is 14.0. The average molecular weight is 740 g/mol. The number of nitrogens with two attached hydrogens (primary N) is 3. The van der Waals surface area contributed by atoms with Gasteiger partial charge in [0, 0.05) is 13.0 Å². The lowest BCUT2D eigenvalue weighted by Crippen LogP contribution is -2.59. The second kappa shape index (κ2) is 21.3. The highest BCUT2D eigenvalue weighted by Gasteiger charge is 2.33. The van der Waals surface area contributed by atoms with Crippen molar-refractivity contribution in [3.8, 4) is 0 Å². The third-order valence-electron chi connectivity index (χ3n) is 8.29. The molecule has 0 aliphatic rings. The zero-order chi connectivity index (χ0) is 39.8. The molecule has 0 spiro atoms. The van der Waals surface area contributed by atoms with Crippen LogP contribution in [0.5, 0.6) is 0 Å². The maximum atomic E-state index is 14.0. The van der Waals surface area contributed by atoms with Gasteiger partial charge in [0.1, 0.15) is 30.2 Å². The van der Waals surface area contributed by atoms with Crippen LogP contribution in [0.15, 0.2) is 47.5 Å². The molecule has 0 fully saturated rings. The number of benzene rings is 2. The minimum Gasteiger partial charge on any atom is -0.480 e. The van der Waals surface area contributed by atoms with Crippen LogP contribution in [0.25, 0.3) is 10.8 Å². The molecule has 0 unspecified atom stereocenters. The van der Waals surface area contributed by atoms with Gasteiger partial charge in [-0.2, -0.15) is 0 Å². The van der Waals surface area contributed by atoms with Gasteiger partial charge in [0.05, 0.1) is 6.04 Å². The number of hydrogen-bond acceptors (Lipinski definition) is 8. The van der Waals surface area contributed by atoms with Crippen LogP contribution in [0.3, 0.4) is 0 Å². The van der Waals surface area contributed by atoms with Gasteiger partial charge >= 0.3 is 5.97 Å². The summed E-state index contributed by atoms with van der Waals surface area (Å²) in [5.41, 5.74) is 17.0. The summed E-state index contributed by atoms with van der Waals surface area (Å²) in [6.07, 6.45) is 0.728. The van der Waals surface area contributed by atoms with Gasteiger partial charge < -0.3 is 48.9 Å². The Bertz CT molecular complexity index is 1610. The van der Waals surface area contributed by atoms with E-state index in [0.717, 1.165) is 10.8 Å². The lowest BCUT2D eigenvalue weighted by molar-refractivity contribution is -0.142. The Morgan fingerprint density at radius 3 is 1.70 bits per heavy atom. The molecule has 0 saturated carbocycles. The largest absolute Gasteiger partial charge is 0.480 e. The van der Waals surface area contributed by atoms with Crippen LogP contribution in [0.4, 0.5) is 0 Å². The molecular formula is C37H57N9O7. The summed E-state index contributed by atoms with van der Waals surface area (Å²) in [6.45, 7) is 10.6. The van der Waals surface area contributed by atoms with Crippen molar-refractivity contribution in [2.24, 2.45) is 34.0 Å². The fourth-order valence-corrected chi connectivity index (χ4v) is 5.50. The normalized spacial score (nSPS) is 14.6. The van der Waals surface area contributed by atoms with E-state index in [4.69, 9.17) is 17.2 Å². The molecular weight excluding hydrogens is 682 g/mol. The minimum atomic E-state index is -1.29. The molecule has 2 aromatic carbocycles. The third kappa shape index (κ3) is 15.5. The molecule has 0 heterocycles. The molecule has 0 bridgehead atoms. The van der Waals surface area contributed by atoms with Crippen LogP contribution < -0.4 is 43.8 Å². The molecule has 0 aliphatic heterocycles. The first-order valence-electron chi connectivity index (χ1n) is 17.9. The van der Waals surface area contributed by atoms with Gasteiger partial charge in [-0.15, -0.1) is 0 Å². The number of amides is 5.